The summed E-state index contributed by atoms with van der Waals surface area (Å²) in [6, 6.07) is 20.5. The number of rotatable bonds is 12. The first-order valence-corrected chi connectivity index (χ1v) is 11.6. The van der Waals surface area contributed by atoms with E-state index in [1.807, 2.05) is 36.4 Å². The predicted molar refractivity (Wildman–Crippen MR) is 122 cm³/mol. The normalized spacial score (nSPS) is 15.6. The van der Waals surface area contributed by atoms with Crippen LogP contribution in [0.15, 0.2) is 60.7 Å². The summed E-state index contributed by atoms with van der Waals surface area (Å²) in [6.45, 7) is 0.530. The van der Waals surface area contributed by atoms with Gasteiger partial charge in [-0.15, -0.1) is 0 Å². The topological polar surface area (TPSA) is 63.6 Å². The number of carboxylic acid groups (broad SMARTS) is 1. The van der Waals surface area contributed by atoms with Gasteiger partial charge in [0.2, 0.25) is 0 Å². The van der Waals surface area contributed by atoms with Gasteiger partial charge in [0.25, 0.3) is 0 Å². The van der Waals surface area contributed by atoms with Crippen molar-refractivity contribution in [2.75, 3.05) is 6.61 Å². The van der Waals surface area contributed by atoms with Crippen LogP contribution < -0.4 is 0 Å². The highest BCUT2D eigenvalue weighted by molar-refractivity contribution is 5.97. The van der Waals surface area contributed by atoms with Crippen molar-refractivity contribution in [1.82, 2.24) is 0 Å². The third kappa shape index (κ3) is 7.62. The van der Waals surface area contributed by atoms with Gasteiger partial charge in [-0.2, -0.15) is 0 Å². The summed E-state index contributed by atoms with van der Waals surface area (Å²) >= 11 is 0. The van der Waals surface area contributed by atoms with Gasteiger partial charge < -0.3 is 9.84 Å². The summed E-state index contributed by atoms with van der Waals surface area (Å²) in [6.07, 6.45) is 7.42. The fourth-order valence-corrected chi connectivity index (χ4v) is 4.67. The molecule has 1 aliphatic carbocycles. The molecule has 0 aromatic heterocycles. The molecule has 166 valence electrons. The van der Waals surface area contributed by atoms with Crippen LogP contribution in [0.5, 0.6) is 0 Å². The fourth-order valence-electron chi connectivity index (χ4n) is 4.67. The van der Waals surface area contributed by atoms with Crippen molar-refractivity contribution >= 4 is 11.8 Å². The lowest BCUT2D eigenvalue weighted by molar-refractivity contribution is -0.144. The van der Waals surface area contributed by atoms with Gasteiger partial charge in [0.05, 0.1) is 0 Å². The Labute approximate surface area is 185 Å². The van der Waals surface area contributed by atoms with Gasteiger partial charge in [-0.3, -0.25) is 9.59 Å². The van der Waals surface area contributed by atoms with E-state index in [4.69, 9.17) is 9.84 Å². The van der Waals surface area contributed by atoms with Crippen LogP contribution in [0.3, 0.4) is 0 Å². The van der Waals surface area contributed by atoms with Crippen molar-refractivity contribution in [3.05, 3.63) is 71.8 Å². The lowest BCUT2D eigenvalue weighted by atomic mass is 9.86. The van der Waals surface area contributed by atoms with E-state index in [0.717, 1.165) is 12.8 Å². The maximum atomic E-state index is 12.6. The first-order chi connectivity index (χ1) is 15.1. The molecule has 2 aromatic rings. The minimum absolute atomic E-state index is 0.143. The lowest BCUT2D eigenvalue weighted by Crippen LogP contribution is -2.28. The molecule has 0 saturated heterocycles. The number of Topliss-reactive ketones (excluding diaryl/α,β-unsaturated/α-hetero) is 1. The van der Waals surface area contributed by atoms with Crippen LogP contribution in [0, 0.1) is 5.92 Å². The molecule has 0 aliphatic heterocycles. The predicted octanol–water partition coefficient (Wildman–Crippen LogP) is 6.00. The SMILES string of the molecule is O=C(O)CC(=O)C(CCC(c1ccccc1)c1ccccc1)OCCC1CCCCC1. The van der Waals surface area contributed by atoms with E-state index in [1.54, 1.807) is 0 Å². The Kier molecular flexibility index (Phi) is 9.29. The zero-order valence-corrected chi connectivity index (χ0v) is 18.2. The van der Waals surface area contributed by atoms with Gasteiger partial charge in [-0.25, -0.2) is 0 Å². The number of carbonyl (C=O) groups excluding carboxylic acids is 1. The summed E-state index contributed by atoms with van der Waals surface area (Å²) in [5.74, 6) is -0.598. The second-order valence-electron chi connectivity index (χ2n) is 8.64. The van der Waals surface area contributed by atoms with Crippen LogP contribution in [0.2, 0.25) is 0 Å². The highest BCUT2D eigenvalue weighted by Crippen LogP contribution is 2.31. The number of benzene rings is 2. The van der Waals surface area contributed by atoms with Gasteiger partial charge in [0, 0.05) is 12.5 Å². The number of hydrogen-bond acceptors (Lipinski definition) is 3. The van der Waals surface area contributed by atoms with Gasteiger partial charge in [-0.1, -0.05) is 92.8 Å². The van der Waals surface area contributed by atoms with E-state index in [2.05, 4.69) is 24.3 Å². The highest BCUT2D eigenvalue weighted by Gasteiger charge is 2.25. The molecule has 3 rings (SSSR count). The summed E-state index contributed by atoms with van der Waals surface area (Å²) in [5, 5.41) is 9.12. The smallest absolute Gasteiger partial charge is 0.310 e. The molecule has 0 radical (unpaired) electrons. The number of ether oxygens (including phenoxy) is 1. The Balaban J connectivity index is 1.65. The number of carboxylic acids is 1. The molecular formula is C27H34O4. The molecule has 0 heterocycles. The molecule has 1 fully saturated rings. The van der Waals surface area contributed by atoms with Crippen LogP contribution in [-0.4, -0.2) is 29.6 Å². The van der Waals surface area contributed by atoms with Gasteiger partial charge in [-0.05, 0) is 36.3 Å². The van der Waals surface area contributed by atoms with Crippen LogP contribution in [0.1, 0.15) is 74.8 Å². The van der Waals surface area contributed by atoms with Crippen LogP contribution in [-0.2, 0) is 14.3 Å². The van der Waals surface area contributed by atoms with E-state index in [1.165, 1.54) is 43.2 Å². The van der Waals surface area contributed by atoms with Crippen molar-refractivity contribution in [1.29, 1.82) is 0 Å². The molecule has 1 N–H and O–H groups in total. The Bertz CT molecular complexity index is 757. The fraction of sp³-hybridized carbons (Fsp3) is 0.481. The first kappa shape index (κ1) is 23.2. The molecule has 0 bridgehead atoms. The van der Waals surface area contributed by atoms with E-state index < -0.39 is 18.5 Å². The summed E-state index contributed by atoms with van der Waals surface area (Å²) in [7, 11) is 0. The van der Waals surface area contributed by atoms with Crippen LogP contribution in [0.4, 0.5) is 0 Å². The lowest BCUT2D eigenvalue weighted by Gasteiger charge is -2.24. The molecule has 1 aliphatic rings. The number of ketones is 1. The third-order valence-electron chi connectivity index (χ3n) is 6.38. The third-order valence-corrected chi connectivity index (χ3v) is 6.38. The monoisotopic (exact) mass is 422 g/mol. The first-order valence-electron chi connectivity index (χ1n) is 11.6. The summed E-state index contributed by atoms with van der Waals surface area (Å²) < 4.78 is 6.02. The van der Waals surface area contributed by atoms with Crippen molar-refractivity contribution < 1.29 is 19.4 Å². The maximum Gasteiger partial charge on any atom is 0.310 e. The molecule has 1 saturated carbocycles. The molecule has 31 heavy (non-hydrogen) atoms. The van der Waals surface area contributed by atoms with E-state index >= 15 is 0 Å². The Morgan fingerprint density at radius 3 is 2.00 bits per heavy atom. The van der Waals surface area contributed by atoms with Gasteiger partial charge in [0.15, 0.2) is 5.78 Å². The quantitative estimate of drug-likeness (QED) is 0.426. The summed E-state index contributed by atoms with van der Waals surface area (Å²) in [4.78, 5) is 23.8. The van der Waals surface area contributed by atoms with E-state index in [0.29, 0.717) is 18.9 Å². The van der Waals surface area contributed by atoms with Crippen molar-refractivity contribution in [3.63, 3.8) is 0 Å². The van der Waals surface area contributed by atoms with E-state index in [-0.39, 0.29) is 11.7 Å². The molecule has 1 unspecified atom stereocenters. The largest absolute Gasteiger partial charge is 0.481 e. The Morgan fingerprint density at radius 1 is 0.871 bits per heavy atom. The van der Waals surface area contributed by atoms with Crippen molar-refractivity contribution in [2.24, 2.45) is 5.92 Å². The summed E-state index contributed by atoms with van der Waals surface area (Å²) in [5.41, 5.74) is 2.39. The van der Waals surface area contributed by atoms with Gasteiger partial charge >= 0.3 is 5.97 Å². The molecule has 0 spiro atoms. The average molecular weight is 423 g/mol. The Hall–Kier alpha value is -2.46. The minimum Gasteiger partial charge on any atom is -0.481 e. The molecule has 2 aromatic carbocycles. The van der Waals surface area contributed by atoms with Gasteiger partial charge in [0.1, 0.15) is 12.5 Å². The Morgan fingerprint density at radius 2 is 1.45 bits per heavy atom. The molecule has 4 nitrogen and oxygen atoms in total. The van der Waals surface area contributed by atoms with Crippen molar-refractivity contribution in [3.8, 4) is 0 Å². The standard InChI is InChI=1S/C27H34O4/c28-25(20-27(29)30)26(31-19-18-21-10-4-1-5-11-21)17-16-24(22-12-6-2-7-13-22)23-14-8-3-9-15-23/h2-3,6-9,12-15,21,24,26H,1,4-5,10-11,16-20H2,(H,29,30). The average Bonchev–Trinajstić information content (AvgIpc) is 2.79. The van der Waals surface area contributed by atoms with Crippen molar-refractivity contribution in [2.45, 2.75) is 69.8 Å². The van der Waals surface area contributed by atoms with Crippen LogP contribution >= 0.6 is 0 Å². The molecule has 1 atom stereocenters. The molecule has 4 heteroatoms. The minimum atomic E-state index is -1.09. The number of aliphatic carboxylic acids is 1. The second kappa shape index (κ2) is 12.4. The van der Waals surface area contributed by atoms with Crippen LogP contribution in [0.25, 0.3) is 0 Å². The maximum absolute atomic E-state index is 12.6. The highest BCUT2D eigenvalue weighted by atomic mass is 16.5. The molecule has 0 amide bonds. The second-order valence-corrected chi connectivity index (χ2v) is 8.64. The zero-order valence-electron chi connectivity index (χ0n) is 18.2. The van der Waals surface area contributed by atoms with E-state index in [9.17, 15) is 9.59 Å². The number of hydrogen-bond donors (Lipinski definition) is 1. The zero-order chi connectivity index (χ0) is 21.9. The number of carbonyl (C=O) groups is 2. The molecular weight excluding hydrogens is 388 g/mol.